The summed E-state index contributed by atoms with van der Waals surface area (Å²) in [5, 5.41) is 2.92. The molecule has 0 amide bonds. The zero-order valence-corrected chi connectivity index (χ0v) is 8.13. The van der Waals surface area contributed by atoms with E-state index in [-0.39, 0.29) is 11.6 Å². The average molecular weight is 219 g/mol. The fourth-order valence-electron chi connectivity index (χ4n) is 1.64. The normalized spacial score (nSPS) is 12.1. The lowest BCUT2D eigenvalue weighted by Crippen LogP contribution is -2.03. The highest BCUT2D eigenvalue weighted by atomic mass is 19.1. The van der Waals surface area contributed by atoms with Crippen LogP contribution in [0, 0.1) is 11.6 Å². The summed E-state index contributed by atoms with van der Waals surface area (Å²) in [5.41, 5.74) is 0.996. The summed E-state index contributed by atoms with van der Waals surface area (Å²) in [6.45, 7) is 0. The molecule has 0 bridgehead atoms. The zero-order valence-electron chi connectivity index (χ0n) is 8.13. The first-order valence-electron chi connectivity index (χ1n) is 4.76. The van der Waals surface area contributed by atoms with Gasteiger partial charge in [-0.25, -0.2) is 8.78 Å². The van der Waals surface area contributed by atoms with E-state index in [1.54, 1.807) is 0 Å². The number of hydrogen-bond acceptors (Lipinski definition) is 2. The number of hydrogen-bond donors (Lipinski definition) is 1. The molecule has 0 aliphatic carbocycles. The predicted octanol–water partition coefficient (Wildman–Crippen LogP) is 3.81. The maximum atomic E-state index is 13.0. The van der Waals surface area contributed by atoms with Crippen molar-refractivity contribution in [3.8, 4) is 11.5 Å². The van der Waals surface area contributed by atoms with E-state index in [2.05, 4.69) is 5.32 Å². The van der Waals surface area contributed by atoms with Crippen LogP contribution in [0.1, 0.15) is 0 Å². The Morgan fingerprint density at radius 1 is 0.812 bits per heavy atom. The van der Waals surface area contributed by atoms with Crippen LogP contribution in [-0.2, 0) is 0 Å². The number of anilines is 2. The van der Waals surface area contributed by atoms with Gasteiger partial charge >= 0.3 is 0 Å². The number of fused-ring (bicyclic) bond motifs is 2. The van der Waals surface area contributed by atoms with Crippen molar-refractivity contribution in [1.29, 1.82) is 0 Å². The van der Waals surface area contributed by atoms with Gasteiger partial charge in [0.1, 0.15) is 11.6 Å². The summed E-state index contributed by atoms with van der Waals surface area (Å²) in [6, 6.07) is 8.31. The van der Waals surface area contributed by atoms with Gasteiger partial charge in [-0.15, -0.1) is 0 Å². The second-order valence-electron chi connectivity index (χ2n) is 3.51. The first-order chi connectivity index (χ1) is 7.72. The summed E-state index contributed by atoms with van der Waals surface area (Å²) in [7, 11) is 0. The molecule has 1 aliphatic heterocycles. The van der Waals surface area contributed by atoms with Crippen molar-refractivity contribution in [2.24, 2.45) is 0 Å². The van der Waals surface area contributed by atoms with Gasteiger partial charge in [-0.1, -0.05) is 0 Å². The number of halogens is 2. The molecule has 0 fully saturated rings. The topological polar surface area (TPSA) is 21.3 Å². The Balaban J connectivity index is 2.10. The van der Waals surface area contributed by atoms with Crippen LogP contribution in [0.5, 0.6) is 11.5 Å². The molecule has 80 valence electrons. The van der Waals surface area contributed by atoms with Crippen LogP contribution < -0.4 is 10.1 Å². The van der Waals surface area contributed by atoms with E-state index >= 15 is 0 Å². The second kappa shape index (κ2) is 3.20. The van der Waals surface area contributed by atoms with Crippen molar-refractivity contribution < 1.29 is 13.5 Å². The number of benzene rings is 2. The lowest BCUT2D eigenvalue weighted by Gasteiger charge is -2.21. The molecule has 2 aromatic rings. The predicted molar refractivity (Wildman–Crippen MR) is 56.2 cm³/mol. The van der Waals surface area contributed by atoms with Gasteiger partial charge in [0.2, 0.25) is 0 Å². The van der Waals surface area contributed by atoms with Crippen molar-refractivity contribution >= 4 is 11.4 Å². The third-order valence-corrected chi connectivity index (χ3v) is 2.37. The lowest BCUT2D eigenvalue weighted by atomic mass is 10.2. The number of rotatable bonds is 0. The Hall–Kier alpha value is -2.10. The second-order valence-corrected chi connectivity index (χ2v) is 3.51. The van der Waals surface area contributed by atoms with Crippen molar-refractivity contribution in [3.63, 3.8) is 0 Å². The van der Waals surface area contributed by atoms with Crippen molar-refractivity contribution in [2.75, 3.05) is 5.32 Å². The SMILES string of the molecule is Fc1ccc2c(c1)Nc1cc(F)ccc1O2. The standard InChI is InChI=1S/C12H7F2NO/c13-7-1-3-11-9(5-7)15-10-6-8(14)2-4-12(10)16-11/h1-6,15H. The number of nitrogens with one attached hydrogen (secondary N) is 1. The van der Waals surface area contributed by atoms with E-state index in [0.29, 0.717) is 22.9 Å². The minimum atomic E-state index is -0.366. The minimum absolute atomic E-state index is 0.366. The van der Waals surface area contributed by atoms with Crippen molar-refractivity contribution in [1.82, 2.24) is 0 Å². The molecule has 0 saturated carbocycles. The summed E-state index contributed by atoms with van der Waals surface area (Å²) in [5.74, 6) is 0.324. The third kappa shape index (κ3) is 1.39. The van der Waals surface area contributed by atoms with Gasteiger partial charge in [0.15, 0.2) is 11.5 Å². The van der Waals surface area contributed by atoms with E-state index < -0.39 is 0 Å². The first-order valence-corrected chi connectivity index (χ1v) is 4.76. The van der Waals surface area contributed by atoms with Crippen LogP contribution in [0.3, 0.4) is 0 Å². The molecule has 3 rings (SSSR count). The summed E-state index contributed by atoms with van der Waals surface area (Å²) >= 11 is 0. The maximum absolute atomic E-state index is 13.0. The molecule has 4 heteroatoms. The largest absolute Gasteiger partial charge is 0.453 e. The molecule has 1 heterocycles. The van der Waals surface area contributed by atoms with Crippen LogP contribution in [0.15, 0.2) is 36.4 Å². The molecule has 0 spiro atoms. The fraction of sp³-hybridized carbons (Fsp3) is 0. The molecule has 0 unspecified atom stereocenters. The van der Waals surface area contributed by atoms with E-state index in [1.807, 2.05) is 0 Å². The van der Waals surface area contributed by atoms with Crippen molar-refractivity contribution in [3.05, 3.63) is 48.0 Å². The molecule has 0 atom stereocenters. The minimum Gasteiger partial charge on any atom is -0.453 e. The Labute approximate surface area is 90.5 Å². The average Bonchev–Trinajstić information content (AvgIpc) is 2.26. The van der Waals surface area contributed by atoms with Gasteiger partial charge in [0, 0.05) is 12.1 Å². The van der Waals surface area contributed by atoms with E-state index in [1.165, 1.54) is 36.4 Å². The maximum Gasteiger partial charge on any atom is 0.151 e. The van der Waals surface area contributed by atoms with E-state index in [4.69, 9.17) is 4.74 Å². The monoisotopic (exact) mass is 219 g/mol. The molecule has 2 aromatic carbocycles. The third-order valence-electron chi connectivity index (χ3n) is 2.37. The Morgan fingerprint density at radius 2 is 1.31 bits per heavy atom. The quantitative estimate of drug-likeness (QED) is 0.620. The fourth-order valence-corrected chi connectivity index (χ4v) is 1.64. The van der Waals surface area contributed by atoms with Crippen LogP contribution in [0.4, 0.5) is 20.2 Å². The Bertz CT molecular complexity index is 519. The molecular formula is C12H7F2NO. The summed E-state index contributed by atoms with van der Waals surface area (Å²) in [4.78, 5) is 0. The van der Waals surface area contributed by atoms with Crippen LogP contribution >= 0.6 is 0 Å². The lowest BCUT2D eigenvalue weighted by molar-refractivity contribution is 0.477. The molecule has 0 saturated heterocycles. The van der Waals surface area contributed by atoms with Gasteiger partial charge in [0.25, 0.3) is 0 Å². The molecule has 0 aromatic heterocycles. The molecule has 1 aliphatic rings. The van der Waals surface area contributed by atoms with Crippen molar-refractivity contribution in [2.45, 2.75) is 0 Å². The highest BCUT2D eigenvalue weighted by molar-refractivity contribution is 5.75. The Kier molecular flexibility index (Phi) is 1.83. The first kappa shape index (κ1) is 9.15. The highest BCUT2D eigenvalue weighted by Crippen LogP contribution is 2.41. The highest BCUT2D eigenvalue weighted by Gasteiger charge is 2.17. The van der Waals surface area contributed by atoms with E-state index in [0.717, 1.165) is 0 Å². The van der Waals surface area contributed by atoms with Crippen LogP contribution in [-0.4, -0.2) is 0 Å². The molecule has 1 N–H and O–H groups in total. The molecular weight excluding hydrogens is 212 g/mol. The van der Waals surface area contributed by atoms with Gasteiger partial charge in [-0.3, -0.25) is 0 Å². The smallest absolute Gasteiger partial charge is 0.151 e. The van der Waals surface area contributed by atoms with Gasteiger partial charge in [-0.2, -0.15) is 0 Å². The van der Waals surface area contributed by atoms with Crippen LogP contribution in [0.2, 0.25) is 0 Å². The summed E-state index contributed by atoms with van der Waals surface area (Å²) < 4.78 is 31.5. The number of ether oxygens (including phenoxy) is 1. The van der Waals surface area contributed by atoms with Crippen LogP contribution in [0.25, 0.3) is 0 Å². The zero-order chi connectivity index (χ0) is 11.1. The molecule has 0 radical (unpaired) electrons. The van der Waals surface area contributed by atoms with Gasteiger partial charge in [-0.05, 0) is 24.3 Å². The Morgan fingerprint density at radius 3 is 1.81 bits per heavy atom. The van der Waals surface area contributed by atoms with Gasteiger partial charge < -0.3 is 10.1 Å². The van der Waals surface area contributed by atoms with E-state index in [9.17, 15) is 8.78 Å². The van der Waals surface area contributed by atoms with Gasteiger partial charge in [0.05, 0.1) is 11.4 Å². The molecule has 2 nitrogen and oxygen atoms in total. The molecule has 16 heavy (non-hydrogen) atoms. The summed E-state index contributed by atoms with van der Waals surface area (Å²) in [6.07, 6.45) is 0.